The van der Waals surface area contributed by atoms with Crippen LogP contribution in [0.25, 0.3) is 0 Å². The minimum absolute atomic E-state index is 0.177. The number of hydrogen-bond donors (Lipinski definition) is 1. The molecule has 0 atom stereocenters. The van der Waals surface area contributed by atoms with E-state index in [1.807, 2.05) is 0 Å². The van der Waals surface area contributed by atoms with Crippen molar-refractivity contribution in [3.8, 4) is 0 Å². The van der Waals surface area contributed by atoms with Crippen molar-refractivity contribution in [2.75, 3.05) is 12.8 Å². The van der Waals surface area contributed by atoms with E-state index in [4.69, 9.17) is 10.5 Å². The fourth-order valence-electron chi connectivity index (χ4n) is 2.08. The largest absolute Gasteiger partial charge is 0.389 e. The minimum atomic E-state index is -0.177. The Balaban J connectivity index is 2.36. The van der Waals surface area contributed by atoms with Crippen LogP contribution in [-0.4, -0.2) is 12.1 Å². The van der Waals surface area contributed by atoms with E-state index in [-0.39, 0.29) is 5.60 Å². The molecule has 0 amide bonds. The van der Waals surface area contributed by atoms with Crippen LogP contribution in [-0.2, 0) is 10.3 Å². The summed E-state index contributed by atoms with van der Waals surface area (Å²) >= 11 is 1.49. The lowest BCUT2D eigenvalue weighted by Crippen LogP contribution is -2.25. The van der Waals surface area contributed by atoms with E-state index < -0.39 is 0 Å². The predicted octanol–water partition coefficient (Wildman–Crippen LogP) is 2.14. The topological polar surface area (TPSA) is 48.1 Å². The molecule has 0 aromatic carbocycles. The summed E-state index contributed by atoms with van der Waals surface area (Å²) in [6, 6.07) is 0. The number of nitrogens with zero attached hydrogens (tertiary/aromatic N) is 1. The molecule has 0 saturated heterocycles. The number of methoxy groups -OCH3 is 1. The zero-order chi connectivity index (χ0) is 9.31. The van der Waals surface area contributed by atoms with Crippen LogP contribution < -0.4 is 5.73 Å². The lowest BCUT2D eigenvalue weighted by atomic mass is 9.98. The van der Waals surface area contributed by atoms with Crippen molar-refractivity contribution >= 4 is 16.3 Å². The number of anilines is 1. The first-order chi connectivity index (χ1) is 6.28. The Labute approximate surface area is 81.9 Å². The first kappa shape index (κ1) is 8.97. The average molecular weight is 198 g/mol. The van der Waals surface area contributed by atoms with Crippen LogP contribution in [0.5, 0.6) is 0 Å². The molecule has 1 saturated carbocycles. The Bertz CT molecular complexity index is 292. The van der Waals surface area contributed by atoms with Crippen LogP contribution in [0, 0.1) is 0 Å². The van der Waals surface area contributed by atoms with Crippen LogP contribution in [0.1, 0.15) is 31.4 Å². The summed E-state index contributed by atoms with van der Waals surface area (Å²) in [4.78, 5) is 4.31. The molecule has 3 nitrogen and oxygen atoms in total. The second-order valence-electron chi connectivity index (χ2n) is 3.47. The fourth-order valence-corrected chi connectivity index (χ4v) is 2.70. The summed E-state index contributed by atoms with van der Waals surface area (Å²) in [5.74, 6) is 0. The van der Waals surface area contributed by atoms with Crippen molar-refractivity contribution in [3.63, 3.8) is 0 Å². The summed E-state index contributed by atoms with van der Waals surface area (Å²) in [7, 11) is 1.75. The molecular weight excluding hydrogens is 184 g/mol. The second kappa shape index (κ2) is 3.27. The van der Waals surface area contributed by atoms with E-state index in [0.717, 1.165) is 23.5 Å². The highest BCUT2D eigenvalue weighted by Gasteiger charge is 2.38. The maximum absolute atomic E-state index is 5.86. The first-order valence-corrected chi connectivity index (χ1v) is 5.41. The summed E-state index contributed by atoms with van der Waals surface area (Å²) in [5, 5.41) is 0.809. The van der Waals surface area contributed by atoms with Gasteiger partial charge in [0.25, 0.3) is 0 Å². The van der Waals surface area contributed by atoms with Gasteiger partial charge in [-0.1, -0.05) is 12.8 Å². The van der Waals surface area contributed by atoms with Crippen LogP contribution in [0.15, 0.2) is 5.51 Å². The third-order valence-electron chi connectivity index (χ3n) is 2.83. The predicted molar refractivity (Wildman–Crippen MR) is 53.7 cm³/mol. The van der Waals surface area contributed by atoms with Crippen LogP contribution in [0.2, 0.25) is 0 Å². The SMILES string of the molecule is COC1(c2ncsc2N)CCCC1. The Kier molecular flexibility index (Phi) is 2.26. The number of nitrogens with two attached hydrogens (primary N) is 1. The Morgan fingerprint density at radius 1 is 1.54 bits per heavy atom. The molecule has 1 aromatic rings. The minimum Gasteiger partial charge on any atom is -0.389 e. The van der Waals surface area contributed by atoms with Gasteiger partial charge in [0, 0.05) is 7.11 Å². The zero-order valence-corrected chi connectivity index (χ0v) is 8.56. The van der Waals surface area contributed by atoms with Gasteiger partial charge in [-0.3, -0.25) is 0 Å². The number of thiazole rings is 1. The highest BCUT2D eigenvalue weighted by molar-refractivity contribution is 7.13. The van der Waals surface area contributed by atoms with Gasteiger partial charge in [0.2, 0.25) is 0 Å². The van der Waals surface area contributed by atoms with Crippen molar-refractivity contribution in [2.24, 2.45) is 0 Å². The lowest BCUT2D eigenvalue weighted by molar-refractivity contribution is -0.0112. The summed E-state index contributed by atoms with van der Waals surface area (Å²) in [6.45, 7) is 0. The molecule has 13 heavy (non-hydrogen) atoms. The van der Waals surface area contributed by atoms with Gasteiger partial charge in [-0.15, -0.1) is 11.3 Å². The Morgan fingerprint density at radius 3 is 2.69 bits per heavy atom. The molecule has 1 heterocycles. The van der Waals surface area contributed by atoms with E-state index in [1.54, 1.807) is 12.6 Å². The monoisotopic (exact) mass is 198 g/mol. The highest BCUT2D eigenvalue weighted by Crippen LogP contribution is 2.43. The molecule has 1 aliphatic carbocycles. The molecule has 1 fully saturated rings. The normalized spacial score (nSPS) is 20.7. The van der Waals surface area contributed by atoms with Gasteiger partial charge in [-0.05, 0) is 12.8 Å². The first-order valence-electron chi connectivity index (χ1n) is 4.53. The van der Waals surface area contributed by atoms with Gasteiger partial charge < -0.3 is 10.5 Å². The van der Waals surface area contributed by atoms with E-state index in [9.17, 15) is 0 Å². The van der Waals surface area contributed by atoms with Crippen molar-refractivity contribution in [3.05, 3.63) is 11.2 Å². The molecule has 0 radical (unpaired) electrons. The smallest absolute Gasteiger partial charge is 0.113 e. The van der Waals surface area contributed by atoms with Gasteiger partial charge in [0.05, 0.1) is 5.51 Å². The standard InChI is InChI=1S/C9H14N2OS/c1-12-9(4-2-3-5-9)7-8(10)13-6-11-7/h6H,2-5,10H2,1H3. The number of aromatic nitrogens is 1. The van der Waals surface area contributed by atoms with Gasteiger partial charge in [0.1, 0.15) is 16.3 Å². The van der Waals surface area contributed by atoms with E-state index in [0.29, 0.717) is 0 Å². The van der Waals surface area contributed by atoms with E-state index in [2.05, 4.69) is 4.98 Å². The van der Waals surface area contributed by atoms with E-state index >= 15 is 0 Å². The van der Waals surface area contributed by atoms with Crippen molar-refractivity contribution in [2.45, 2.75) is 31.3 Å². The summed E-state index contributed by atoms with van der Waals surface area (Å²) in [6.07, 6.45) is 4.53. The molecule has 2 N–H and O–H groups in total. The van der Waals surface area contributed by atoms with Crippen molar-refractivity contribution in [1.29, 1.82) is 0 Å². The third kappa shape index (κ3) is 1.34. The van der Waals surface area contributed by atoms with Gasteiger partial charge in [-0.25, -0.2) is 4.98 Å². The molecule has 0 bridgehead atoms. The van der Waals surface area contributed by atoms with Crippen molar-refractivity contribution < 1.29 is 4.74 Å². The Hall–Kier alpha value is -0.610. The van der Waals surface area contributed by atoms with Crippen LogP contribution in [0.3, 0.4) is 0 Å². The molecule has 1 aliphatic rings. The third-order valence-corrected chi connectivity index (χ3v) is 3.49. The maximum atomic E-state index is 5.86. The summed E-state index contributed by atoms with van der Waals surface area (Å²) < 4.78 is 5.59. The molecule has 0 unspecified atom stereocenters. The van der Waals surface area contributed by atoms with E-state index in [1.165, 1.54) is 24.2 Å². The molecular formula is C9H14N2OS. The molecule has 1 aromatic heterocycles. The molecule has 0 aliphatic heterocycles. The molecule has 0 spiro atoms. The fraction of sp³-hybridized carbons (Fsp3) is 0.667. The molecule has 2 rings (SSSR count). The number of rotatable bonds is 2. The molecule has 4 heteroatoms. The number of nitrogen functional groups attached to an aromatic ring is 1. The number of ether oxygens (including phenoxy) is 1. The maximum Gasteiger partial charge on any atom is 0.113 e. The average Bonchev–Trinajstić information content (AvgIpc) is 2.73. The van der Waals surface area contributed by atoms with Crippen LogP contribution in [0.4, 0.5) is 5.00 Å². The lowest BCUT2D eigenvalue weighted by Gasteiger charge is -2.25. The Morgan fingerprint density at radius 2 is 2.23 bits per heavy atom. The zero-order valence-electron chi connectivity index (χ0n) is 7.75. The van der Waals surface area contributed by atoms with Crippen LogP contribution >= 0.6 is 11.3 Å². The van der Waals surface area contributed by atoms with Gasteiger partial charge >= 0.3 is 0 Å². The quantitative estimate of drug-likeness (QED) is 0.792. The highest BCUT2D eigenvalue weighted by atomic mass is 32.1. The molecule has 72 valence electrons. The second-order valence-corrected chi connectivity index (χ2v) is 4.36. The van der Waals surface area contributed by atoms with Gasteiger partial charge in [0.15, 0.2) is 0 Å². The summed E-state index contributed by atoms with van der Waals surface area (Å²) in [5.41, 5.74) is 8.43. The number of hydrogen-bond acceptors (Lipinski definition) is 4. The van der Waals surface area contributed by atoms with Crippen molar-refractivity contribution in [1.82, 2.24) is 4.98 Å². The van der Waals surface area contributed by atoms with Gasteiger partial charge in [-0.2, -0.15) is 0 Å².